The summed E-state index contributed by atoms with van der Waals surface area (Å²) in [5.74, 6) is 0. The molecule has 2 saturated heterocycles. The SMILES string of the molecule is C[N+](C)(C)C1CCN(c2ccc(N)c(CC[Si](C)(C)C)c2)C1.C[N+](C)(C)C1CCN(c2ccc(N)c(CC[Si](C)(C)C)c2)C1.[Cl-].[Cl-]. The van der Waals surface area contributed by atoms with Crippen LogP contribution in [-0.4, -0.2) is 106 Å². The molecule has 2 atom stereocenters. The third-order valence-electron chi connectivity index (χ3n) is 9.79. The number of halogens is 2. The van der Waals surface area contributed by atoms with Crippen LogP contribution >= 0.6 is 0 Å². The van der Waals surface area contributed by atoms with Gasteiger partial charge in [-0.25, -0.2) is 0 Å². The normalized spacial score (nSPS) is 18.9. The van der Waals surface area contributed by atoms with Gasteiger partial charge in [-0.2, -0.15) is 0 Å². The summed E-state index contributed by atoms with van der Waals surface area (Å²) in [4.78, 5) is 5.07. The number of quaternary nitrogens is 2. The van der Waals surface area contributed by atoms with Gasteiger partial charge in [0.25, 0.3) is 0 Å². The van der Waals surface area contributed by atoms with E-state index in [1.54, 1.807) is 0 Å². The molecule has 0 aliphatic carbocycles. The smallest absolute Gasteiger partial charge is 0.108 e. The highest BCUT2D eigenvalue weighted by molar-refractivity contribution is 6.76. The van der Waals surface area contributed by atoms with Gasteiger partial charge in [0.15, 0.2) is 0 Å². The predicted molar refractivity (Wildman–Crippen MR) is 203 cm³/mol. The third-order valence-corrected chi connectivity index (χ3v) is 13.3. The Morgan fingerprint density at radius 2 is 0.935 bits per heavy atom. The molecule has 0 radical (unpaired) electrons. The van der Waals surface area contributed by atoms with Gasteiger partial charge < -0.3 is 55.0 Å². The first-order chi connectivity index (χ1) is 20.1. The third kappa shape index (κ3) is 13.2. The van der Waals surface area contributed by atoms with Gasteiger partial charge in [-0.3, -0.25) is 0 Å². The van der Waals surface area contributed by atoms with E-state index in [0.717, 1.165) is 71.4 Å². The second-order valence-electron chi connectivity index (χ2n) is 17.9. The number of nitrogen functional groups attached to an aromatic ring is 2. The standard InChI is InChI=1S/2C18H34N3Si.2ClH/c2*1-21(2,3)17-9-11-20(14-17)16-7-8-18(19)15(13-16)10-12-22(4,5)6;;/h2*7-8,13,17H,9-12,14,19H2,1-6H3;2*1H/q2*+1;;/p-2. The molecule has 0 saturated carbocycles. The van der Waals surface area contributed by atoms with Gasteiger partial charge in [-0.05, 0) is 60.4 Å². The summed E-state index contributed by atoms with van der Waals surface area (Å²) in [6.07, 6.45) is 4.81. The first-order valence-electron chi connectivity index (χ1n) is 17.0. The highest BCUT2D eigenvalue weighted by atomic mass is 35.5. The van der Waals surface area contributed by atoms with Gasteiger partial charge in [0, 0.05) is 64.8 Å². The van der Waals surface area contributed by atoms with E-state index in [2.05, 4.69) is 128 Å². The molecule has 0 spiro atoms. The molecule has 4 rings (SSSR count). The van der Waals surface area contributed by atoms with Crippen molar-refractivity contribution in [2.75, 3.05) is 89.7 Å². The zero-order chi connectivity index (χ0) is 33.1. The van der Waals surface area contributed by atoms with Crippen molar-refractivity contribution in [3.63, 3.8) is 0 Å². The fourth-order valence-corrected chi connectivity index (χ4v) is 8.29. The molecule has 4 N–H and O–H groups in total. The molecule has 264 valence electrons. The minimum absolute atomic E-state index is 0. The van der Waals surface area contributed by atoms with Gasteiger partial charge in [-0.1, -0.05) is 51.4 Å². The quantitative estimate of drug-likeness (QED) is 0.219. The summed E-state index contributed by atoms with van der Waals surface area (Å²) in [6.45, 7) is 19.2. The molecule has 10 heteroatoms. The van der Waals surface area contributed by atoms with Gasteiger partial charge >= 0.3 is 0 Å². The fraction of sp³-hybridized carbons (Fsp3) is 0.667. The fourth-order valence-electron chi connectivity index (χ4n) is 6.25. The molecule has 2 fully saturated rings. The van der Waals surface area contributed by atoms with Crippen LogP contribution in [0.15, 0.2) is 36.4 Å². The van der Waals surface area contributed by atoms with Crippen LogP contribution in [0.1, 0.15) is 24.0 Å². The molecular weight excluding hydrogens is 644 g/mol. The maximum Gasteiger partial charge on any atom is 0.108 e. The van der Waals surface area contributed by atoms with E-state index in [1.165, 1.54) is 47.4 Å². The first kappa shape index (κ1) is 42.6. The average molecular weight is 712 g/mol. The largest absolute Gasteiger partial charge is 1.00 e. The first-order valence-corrected chi connectivity index (χ1v) is 24.4. The zero-order valence-corrected chi connectivity index (χ0v) is 34.9. The lowest BCUT2D eigenvalue weighted by Crippen LogP contribution is -3.00. The molecule has 0 bridgehead atoms. The molecule has 2 aliphatic rings. The molecule has 2 aromatic carbocycles. The van der Waals surface area contributed by atoms with Crippen LogP contribution in [0.25, 0.3) is 0 Å². The minimum Gasteiger partial charge on any atom is -1.00 e. The maximum absolute atomic E-state index is 6.21. The summed E-state index contributed by atoms with van der Waals surface area (Å²) in [5, 5.41) is 0. The lowest BCUT2D eigenvalue weighted by molar-refractivity contribution is -0.893. The van der Waals surface area contributed by atoms with Gasteiger partial charge in [0.05, 0.1) is 55.4 Å². The van der Waals surface area contributed by atoms with Crippen molar-refractivity contribution >= 4 is 38.9 Å². The number of aryl methyl sites for hydroxylation is 2. The Kier molecular flexibility index (Phi) is 15.6. The molecule has 2 aliphatic heterocycles. The number of benzene rings is 2. The Morgan fingerprint density at radius 1 is 0.609 bits per heavy atom. The Hall–Kier alpha value is -1.43. The summed E-state index contributed by atoms with van der Waals surface area (Å²) in [7, 11) is 11.8. The van der Waals surface area contributed by atoms with Crippen LogP contribution in [0.3, 0.4) is 0 Å². The molecule has 2 aromatic rings. The van der Waals surface area contributed by atoms with Gasteiger partial charge in [-0.15, -0.1) is 0 Å². The number of nitrogens with zero attached hydrogens (tertiary/aromatic N) is 4. The second-order valence-corrected chi connectivity index (χ2v) is 29.1. The summed E-state index contributed by atoms with van der Waals surface area (Å²) >= 11 is 0. The van der Waals surface area contributed by atoms with Crippen molar-refractivity contribution in [1.29, 1.82) is 0 Å². The van der Waals surface area contributed by atoms with Crippen LogP contribution in [-0.2, 0) is 12.8 Å². The Bertz CT molecular complexity index is 1140. The van der Waals surface area contributed by atoms with Crippen LogP contribution in [0, 0.1) is 0 Å². The number of hydrogen-bond donors (Lipinski definition) is 2. The number of hydrogen-bond acceptors (Lipinski definition) is 4. The van der Waals surface area contributed by atoms with Crippen molar-refractivity contribution in [3.05, 3.63) is 47.5 Å². The lowest BCUT2D eigenvalue weighted by atomic mass is 10.1. The van der Waals surface area contributed by atoms with Crippen LogP contribution < -0.4 is 46.1 Å². The van der Waals surface area contributed by atoms with Gasteiger partial charge in [0.2, 0.25) is 0 Å². The maximum atomic E-state index is 6.21. The van der Waals surface area contributed by atoms with E-state index in [0.29, 0.717) is 0 Å². The van der Waals surface area contributed by atoms with Crippen LogP contribution in [0.5, 0.6) is 0 Å². The van der Waals surface area contributed by atoms with E-state index in [4.69, 9.17) is 11.5 Å². The van der Waals surface area contributed by atoms with E-state index in [-0.39, 0.29) is 24.8 Å². The number of anilines is 4. The molecule has 6 nitrogen and oxygen atoms in total. The molecule has 2 heterocycles. The Labute approximate surface area is 297 Å². The monoisotopic (exact) mass is 710 g/mol. The van der Waals surface area contributed by atoms with E-state index < -0.39 is 16.1 Å². The van der Waals surface area contributed by atoms with Crippen molar-refractivity contribution in [3.8, 4) is 0 Å². The Morgan fingerprint density at radius 3 is 1.20 bits per heavy atom. The van der Waals surface area contributed by atoms with Crippen molar-refractivity contribution in [2.24, 2.45) is 0 Å². The topological polar surface area (TPSA) is 58.5 Å². The average Bonchev–Trinajstić information content (AvgIpc) is 3.58. The number of rotatable bonds is 10. The molecule has 46 heavy (non-hydrogen) atoms. The minimum atomic E-state index is -1.02. The van der Waals surface area contributed by atoms with Crippen LogP contribution in [0.2, 0.25) is 51.4 Å². The summed E-state index contributed by atoms with van der Waals surface area (Å²) in [5.41, 5.74) is 19.7. The van der Waals surface area contributed by atoms with E-state index >= 15 is 0 Å². The zero-order valence-electron chi connectivity index (χ0n) is 31.4. The molecule has 0 aromatic heterocycles. The van der Waals surface area contributed by atoms with E-state index in [1.807, 2.05) is 0 Å². The number of nitrogens with two attached hydrogens (primary N) is 2. The van der Waals surface area contributed by atoms with Gasteiger partial charge in [0.1, 0.15) is 12.1 Å². The molecule has 0 amide bonds. The predicted octanol–water partition coefficient (Wildman–Crippen LogP) is 0.877. The summed E-state index contributed by atoms with van der Waals surface area (Å²) in [6, 6.07) is 17.4. The highest BCUT2D eigenvalue weighted by Crippen LogP contribution is 2.30. The second kappa shape index (κ2) is 16.8. The molecular formula is C36H68Cl2N6Si2. The highest BCUT2D eigenvalue weighted by Gasteiger charge is 2.33. The molecule has 2 unspecified atom stereocenters. The van der Waals surface area contributed by atoms with E-state index in [9.17, 15) is 0 Å². The van der Waals surface area contributed by atoms with Crippen molar-refractivity contribution in [2.45, 2.75) is 89.1 Å². The Balaban J connectivity index is 0.000000441. The number of likely N-dealkylation sites (N-methyl/N-ethyl adjacent to an activating group) is 2. The van der Waals surface area contributed by atoms with Crippen molar-refractivity contribution in [1.82, 2.24) is 0 Å². The lowest BCUT2D eigenvalue weighted by Gasteiger charge is -2.31. The van der Waals surface area contributed by atoms with Crippen LogP contribution in [0.4, 0.5) is 22.7 Å². The van der Waals surface area contributed by atoms with Crippen molar-refractivity contribution < 1.29 is 33.8 Å². The summed E-state index contributed by atoms with van der Waals surface area (Å²) < 4.78 is 2.10.